The maximum absolute atomic E-state index is 8.50. The highest BCUT2D eigenvalue weighted by Crippen LogP contribution is 2.11. The summed E-state index contributed by atoms with van der Waals surface area (Å²) in [6.45, 7) is 0. The molecule has 6 heteroatoms. The van der Waals surface area contributed by atoms with E-state index >= 15 is 0 Å². The molecule has 66 valence electrons. The van der Waals surface area contributed by atoms with Gasteiger partial charge in [-0.1, -0.05) is 15.5 Å². The summed E-state index contributed by atoms with van der Waals surface area (Å²) in [5, 5.41) is 34.2. The molecule has 0 bridgehead atoms. The van der Waals surface area contributed by atoms with Crippen molar-refractivity contribution in [2.24, 2.45) is 15.5 Å². The fourth-order valence-corrected chi connectivity index (χ4v) is 1.14. The predicted octanol–water partition coefficient (Wildman–Crippen LogP) is 0.661. The Bertz CT molecular complexity index is 235. The van der Waals surface area contributed by atoms with Gasteiger partial charge >= 0.3 is 0 Å². The molecule has 1 aliphatic carbocycles. The van der Waals surface area contributed by atoms with Gasteiger partial charge in [0.15, 0.2) is 5.71 Å². The molecule has 0 aromatic carbocycles. The van der Waals surface area contributed by atoms with Gasteiger partial charge < -0.3 is 15.6 Å². The van der Waals surface area contributed by atoms with Gasteiger partial charge in [-0.25, -0.2) is 0 Å². The van der Waals surface area contributed by atoms with Gasteiger partial charge in [0.2, 0.25) is 0 Å². The molecule has 1 aliphatic rings. The highest BCUT2D eigenvalue weighted by Gasteiger charge is 2.23. The third-order valence-corrected chi connectivity index (χ3v) is 1.72. The molecule has 1 fully saturated rings. The third-order valence-electron chi connectivity index (χ3n) is 1.72. The summed E-state index contributed by atoms with van der Waals surface area (Å²) < 4.78 is 0. The molecule has 0 saturated heterocycles. The Morgan fingerprint density at radius 2 is 1.33 bits per heavy atom. The van der Waals surface area contributed by atoms with Crippen LogP contribution in [0.15, 0.2) is 15.5 Å². The molecule has 0 amide bonds. The van der Waals surface area contributed by atoms with Gasteiger partial charge in [-0.3, -0.25) is 0 Å². The van der Waals surface area contributed by atoms with Crippen LogP contribution in [0.3, 0.4) is 0 Å². The van der Waals surface area contributed by atoms with Gasteiger partial charge in [-0.2, -0.15) is 0 Å². The molecule has 0 atom stereocenters. The minimum Gasteiger partial charge on any atom is -0.411 e. The molecular formula is C6H9N3O3. The van der Waals surface area contributed by atoms with Gasteiger partial charge in [0.25, 0.3) is 0 Å². The van der Waals surface area contributed by atoms with E-state index in [1.807, 2.05) is 0 Å². The van der Waals surface area contributed by atoms with Crippen molar-refractivity contribution in [2.45, 2.75) is 19.3 Å². The van der Waals surface area contributed by atoms with Crippen LogP contribution in [0.4, 0.5) is 0 Å². The summed E-state index contributed by atoms with van der Waals surface area (Å²) >= 11 is 0. The summed E-state index contributed by atoms with van der Waals surface area (Å²) in [6, 6.07) is 0. The van der Waals surface area contributed by atoms with E-state index in [2.05, 4.69) is 15.5 Å². The average Bonchev–Trinajstić information content (AvgIpc) is 2.16. The average molecular weight is 171 g/mol. The Morgan fingerprint density at radius 1 is 0.833 bits per heavy atom. The van der Waals surface area contributed by atoms with Crippen LogP contribution < -0.4 is 0 Å². The Kier molecular flexibility index (Phi) is 2.62. The Hall–Kier alpha value is -1.59. The van der Waals surface area contributed by atoms with E-state index in [4.69, 9.17) is 15.6 Å². The van der Waals surface area contributed by atoms with Crippen molar-refractivity contribution in [3.8, 4) is 0 Å². The molecule has 0 aliphatic heterocycles. The highest BCUT2D eigenvalue weighted by molar-refractivity contribution is 6.69. The molecule has 0 spiro atoms. The second-order valence-electron chi connectivity index (χ2n) is 2.40. The first-order chi connectivity index (χ1) is 5.83. The molecule has 1 rings (SSSR count). The van der Waals surface area contributed by atoms with Crippen molar-refractivity contribution < 1.29 is 15.6 Å². The number of nitrogens with zero attached hydrogens (tertiary/aromatic N) is 3. The smallest absolute Gasteiger partial charge is 0.152 e. The fraction of sp³-hybridized carbons (Fsp3) is 0.500. The largest absolute Gasteiger partial charge is 0.411 e. The first-order valence-corrected chi connectivity index (χ1v) is 3.48. The maximum atomic E-state index is 8.50. The number of rotatable bonds is 0. The van der Waals surface area contributed by atoms with Crippen molar-refractivity contribution in [3.63, 3.8) is 0 Å². The van der Waals surface area contributed by atoms with Crippen molar-refractivity contribution in [3.05, 3.63) is 0 Å². The van der Waals surface area contributed by atoms with Crippen LogP contribution in [0.5, 0.6) is 0 Å². The van der Waals surface area contributed by atoms with Crippen LogP contribution in [0.2, 0.25) is 0 Å². The van der Waals surface area contributed by atoms with Crippen molar-refractivity contribution >= 4 is 17.1 Å². The number of hydrogen-bond donors (Lipinski definition) is 3. The zero-order chi connectivity index (χ0) is 8.97. The lowest BCUT2D eigenvalue weighted by atomic mass is 9.94. The Balaban J connectivity index is 2.97. The summed E-state index contributed by atoms with van der Waals surface area (Å²) in [5.74, 6) is 0. The zero-order valence-electron chi connectivity index (χ0n) is 6.30. The maximum Gasteiger partial charge on any atom is 0.152 e. The van der Waals surface area contributed by atoms with Crippen LogP contribution in [-0.2, 0) is 0 Å². The molecule has 3 N–H and O–H groups in total. The van der Waals surface area contributed by atoms with E-state index < -0.39 is 0 Å². The highest BCUT2D eigenvalue weighted by atomic mass is 16.4. The molecule has 0 aromatic rings. The van der Waals surface area contributed by atoms with Crippen LogP contribution >= 0.6 is 0 Å². The van der Waals surface area contributed by atoms with Crippen molar-refractivity contribution in [2.75, 3.05) is 0 Å². The SMILES string of the molecule is ON=C1/C(=N\O)CCC/C1=N/O. The minimum absolute atomic E-state index is 0.0613. The quantitative estimate of drug-likeness (QED) is 0.369. The molecular weight excluding hydrogens is 162 g/mol. The Labute approximate surface area is 68.5 Å². The van der Waals surface area contributed by atoms with E-state index in [0.717, 1.165) is 6.42 Å². The summed E-state index contributed by atoms with van der Waals surface area (Å²) in [7, 11) is 0. The van der Waals surface area contributed by atoms with Gasteiger partial charge in [0.1, 0.15) is 11.4 Å². The van der Waals surface area contributed by atoms with Crippen LogP contribution in [-0.4, -0.2) is 32.8 Å². The minimum atomic E-state index is 0.0613. The van der Waals surface area contributed by atoms with Crippen molar-refractivity contribution in [1.29, 1.82) is 0 Å². The fourth-order valence-electron chi connectivity index (χ4n) is 1.14. The lowest BCUT2D eigenvalue weighted by Crippen LogP contribution is -2.29. The molecule has 0 unspecified atom stereocenters. The lowest BCUT2D eigenvalue weighted by Gasteiger charge is -2.13. The normalized spacial score (nSPS) is 24.8. The van der Waals surface area contributed by atoms with Gasteiger partial charge in [0, 0.05) is 0 Å². The lowest BCUT2D eigenvalue weighted by molar-refractivity contribution is 0.309. The molecule has 1 saturated carbocycles. The standard InChI is InChI=1S/C6H9N3O3/c10-7-4-2-1-3-5(8-11)6(4)9-12/h10-12H,1-3H2/b7-4-,8-5-. The molecule has 0 aromatic heterocycles. The molecule has 12 heavy (non-hydrogen) atoms. The third kappa shape index (κ3) is 1.36. The van der Waals surface area contributed by atoms with E-state index in [-0.39, 0.29) is 17.1 Å². The summed E-state index contributed by atoms with van der Waals surface area (Å²) in [5.41, 5.74) is 0.555. The van der Waals surface area contributed by atoms with Gasteiger partial charge in [-0.05, 0) is 19.3 Å². The summed E-state index contributed by atoms with van der Waals surface area (Å²) in [6.07, 6.45) is 1.77. The Morgan fingerprint density at radius 3 is 1.67 bits per heavy atom. The molecule has 0 radical (unpaired) electrons. The van der Waals surface area contributed by atoms with Crippen LogP contribution in [0, 0.1) is 0 Å². The van der Waals surface area contributed by atoms with E-state index in [0.29, 0.717) is 12.8 Å². The first-order valence-electron chi connectivity index (χ1n) is 3.48. The predicted molar refractivity (Wildman–Crippen MR) is 41.5 cm³/mol. The second kappa shape index (κ2) is 3.70. The topological polar surface area (TPSA) is 97.8 Å². The second-order valence-corrected chi connectivity index (χ2v) is 2.40. The van der Waals surface area contributed by atoms with E-state index in [9.17, 15) is 0 Å². The monoisotopic (exact) mass is 171 g/mol. The van der Waals surface area contributed by atoms with Gasteiger partial charge in [-0.15, -0.1) is 0 Å². The zero-order valence-corrected chi connectivity index (χ0v) is 6.30. The number of hydrogen-bond acceptors (Lipinski definition) is 6. The van der Waals surface area contributed by atoms with Crippen molar-refractivity contribution in [1.82, 2.24) is 0 Å². The molecule has 6 nitrogen and oxygen atoms in total. The van der Waals surface area contributed by atoms with Crippen LogP contribution in [0.25, 0.3) is 0 Å². The molecule has 0 heterocycles. The first kappa shape index (κ1) is 8.51. The number of oxime groups is 3. The van der Waals surface area contributed by atoms with Crippen LogP contribution in [0.1, 0.15) is 19.3 Å². The van der Waals surface area contributed by atoms with E-state index in [1.165, 1.54) is 0 Å². The van der Waals surface area contributed by atoms with Gasteiger partial charge in [0.05, 0.1) is 0 Å². The summed E-state index contributed by atoms with van der Waals surface area (Å²) in [4.78, 5) is 0. The van der Waals surface area contributed by atoms with E-state index in [1.54, 1.807) is 0 Å².